The molecule has 27 heavy (non-hydrogen) atoms. The van der Waals surface area contributed by atoms with E-state index in [2.05, 4.69) is 28.9 Å². The van der Waals surface area contributed by atoms with Crippen LogP contribution in [-0.2, 0) is 11.2 Å². The number of likely N-dealkylation sites (tertiary alicyclic amines) is 1. The van der Waals surface area contributed by atoms with Crippen molar-refractivity contribution in [3.8, 4) is 11.4 Å². The fourth-order valence-corrected chi connectivity index (χ4v) is 3.73. The molecule has 3 rings (SSSR count). The van der Waals surface area contributed by atoms with Gasteiger partial charge in [0, 0.05) is 43.1 Å². The van der Waals surface area contributed by atoms with Gasteiger partial charge in [-0.3, -0.25) is 19.4 Å². The van der Waals surface area contributed by atoms with Crippen LogP contribution in [0, 0.1) is 11.3 Å². The Balaban J connectivity index is 1.71. The summed E-state index contributed by atoms with van der Waals surface area (Å²) in [6.07, 6.45) is 8.27. The largest absolute Gasteiger partial charge is 0.342 e. The molecule has 0 radical (unpaired) electrons. The number of rotatable bonds is 4. The number of hydrogen-bond donors (Lipinski definition) is 0. The predicted octanol–water partition coefficient (Wildman–Crippen LogP) is 3.75. The maximum atomic E-state index is 12.5. The van der Waals surface area contributed by atoms with Crippen molar-refractivity contribution in [1.29, 1.82) is 0 Å². The van der Waals surface area contributed by atoms with Gasteiger partial charge >= 0.3 is 0 Å². The molecule has 0 unspecified atom stereocenters. The van der Waals surface area contributed by atoms with Gasteiger partial charge in [-0.2, -0.15) is 5.10 Å². The van der Waals surface area contributed by atoms with Crippen molar-refractivity contribution in [3.05, 3.63) is 30.4 Å². The molecule has 1 aliphatic heterocycles. The highest BCUT2D eigenvalue weighted by molar-refractivity contribution is 5.81. The Morgan fingerprint density at radius 3 is 2.44 bits per heavy atom. The topological polar surface area (TPSA) is 63.9 Å². The van der Waals surface area contributed by atoms with Gasteiger partial charge in [0.05, 0.1) is 11.4 Å². The van der Waals surface area contributed by atoms with Crippen LogP contribution >= 0.6 is 0 Å². The maximum absolute atomic E-state index is 12.5. The Morgan fingerprint density at radius 1 is 1.15 bits per heavy atom. The van der Waals surface area contributed by atoms with Crippen LogP contribution in [0.25, 0.3) is 11.4 Å². The molecule has 0 aliphatic carbocycles. The van der Waals surface area contributed by atoms with Crippen LogP contribution in [0.2, 0.25) is 0 Å². The van der Waals surface area contributed by atoms with Crippen molar-refractivity contribution in [1.82, 2.24) is 24.6 Å². The van der Waals surface area contributed by atoms with Gasteiger partial charge in [0.1, 0.15) is 5.69 Å². The molecular formula is C21H31N5O. The van der Waals surface area contributed by atoms with Crippen LogP contribution in [0.3, 0.4) is 0 Å². The molecule has 1 fully saturated rings. The van der Waals surface area contributed by atoms with Crippen LogP contribution in [0.1, 0.15) is 59.2 Å². The Labute approximate surface area is 162 Å². The number of hydrogen-bond acceptors (Lipinski definition) is 4. The first kappa shape index (κ1) is 19.5. The first-order chi connectivity index (χ1) is 12.8. The quantitative estimate of drug-likeness (QED) is 0.823. The van der Waals surface area contributed by atoms with Gasteiger partial charge in [0.2, 0.25) is 5.91 Å². The zero-order valence-corrected chi connectivity index (χ0v) is 17.1. The van der Waals surface area contributed by atoms with E-state index in [-0.39, 0.29) is 17.4 Å². The lowest BCUT2D eigenvalue weighted by atomic mass is 9.88. The highest BCUT2D eigenvalue weighted by Gasteiger charge is 2.30. The summed E-state index contributed by atoms with van der Waals surface area (Å²) in [5, 5.41) is 4.44. The van der Waals surface area contributed by atoms with Gasteiger partial charge < -0.3 is 4.90 Å². The molecule has 146 valence electrons. The fraction of sp³-hybridized carbons (Fsp3) is 0.619. The first-order valence-electron chi connectivity index (χ1n) is 9.90. The molecule has 1 aliphatic rings. The van der Waals surface area contributed by atoms with Crippen molar-refractivity contribution in [2.75, 3.05) is 13.1 Å². The van der Waals surface area contributed by atoms with E-state index in [0.717, 1.165) is 49.4 Å². The molecule has 0 atom stereocenters. The number of nitrogens with zero attached hydrogens (tertiary/aromatic N) is 5. The van der Waals surface area contributed by atoms with Crippen molar-refractivity contribution < 1.29 is 4.79 Å². The molecule has 0 saturated carbocycles. The Hall–Kier alpha value is -2.24. The van der Waals surface area contributed by atoms with E-state index in [1.807, 2.05) is 42.6 Å². The Kier molecular flexibility index (Phi) is 5.63. The van der Waals surface area contributed by atoms with Crippen LogP contribution in [0.4, 0.5) is 0 Å². The van der Waals surface area contributed by atoms with E-state index in [1.54, 1.807) is 12.4 Å². The van der Waals surface area contributed by atoms with Crippen LogP contribution in [-0.4, -0.2) is 43.6 Å². The normalized spacial score (nSPS) is 16.1. The van der Waals surface area contributed by atoms with Crippen LogP contribution < -0.4 is 0 Å². The highest BCUT2D eigenvalue weighted by Crippen LogP contribution is 2.29. The second-order valence-corrected chi connectivity index (χ2v) is 8.80. The number of amides is 1. The van der Waals surface area contributed by atoms with Gasteiger partial charge in [0.15, 0.2) is 0 Å². The van der Waals surface area contributed by atoms with Crippen molar-refractivity contribution in [3.63, 3.8) is 0 Å². The van der Waals surface area contributed by atoms with E-state index in [9.17, 15) is 4.79 Å². The summed E-state index contributed by atoms with van der Waals surface area (Å²) in [6.45, 7) is 11.9. The molecule has 0 N–H and O–H groups in total. The fourth-order valence-electron chi connectivity index (χ4n) is 3.73. The third-order valence-corrected chi connectivity index (χ3v) is 5.20. The van der Waals surface area contributed by atoms with E-state index in [1.165, 1.54) is 0 Å². The second kappa shape index (κ2) is 7.79. The zero-order chi connectivity index (χ0) is 19.6. The molecule has 1 amide bonds. The average Bonchev–Trinajstić information content (AvgIpc) is 3.11. The lowest BCUT2D eigenvalue weighted by Crippen LogP contribution is -2.44. The summed E-state index contributed by atoms with van der Waals surface area (Å²) in [6, 6.07) is 2.29. The van der Waals surface area contributed by atoms with Crippen LogP contribution in [0.5, 0.6) is 0 Å². The highest BCUT2D eigenvalue weighted by atomic mass is 16.2. The molecule has 6 heteroatoms. The molecule has 3 heterocycles. The third kappa shape index (κ3) is 4.37. The molecule has 0 bridgehead atoms. The summed E-state index contributed by atoms with van der Waals surface area (Å²) in [7, 11) is 0. The molecule has 2 aromatic rings. The Morgan fingerprint density at radius 2 is 1.81 bits per heavy atom. The lowest BCUT2D eigenvalue weighted by Gasteiger charge is -2.35. The smallest absolute Gasteiger partial charge is 0.227 e. The number of carbonyl (C=O) groups excluding carboxylic acids is 1. The second-order valence-electron chi connectivity index (χ2n) is 8.80. The SMILES string of the molecule is CC(C)n1nccc1-c1nccnc1CC1CCN(C(=O)C(C)(C)C)CC1. The van der Waals surface area contributed by atoms with Gasteiger partial charge in [-0.1, -0.05) is 20.8 Å². The monoisotopic (exact) mass is 369 g/mol. The number of carbonyl (C=O) groups is 1. The van der Waals surface area contributed by atoms with E-state index in [4.69, 9.17) is 0 Å². The number of piperidine rings is 1. The summed E-state index contributed by atoms with van der Waals surface area (Å²) >= 11 is 0. The summed E-state index contributed by atoms with van der Waals surface area (Å²) in [5.41, 5.74) is 2.67. The lowest BCUT2D eigenvalue weighted by molar-refractivity contribution is -0.140. The van der Waals surface area contributed by atoms with Gasteiger partial charge in [0.25, 0.3) is 0 Å². The van der Waals surface area contributed by atoms with Crippen LogP contribution in [0.15, 0.2) is 24.7 Å². The average molecular weight is 370 g/mol. The molecule has 1 saturated heterocycles. The molecule has 6 nitrogen and oxygen atoms in total. The first-order valence-corrected chi connectivity index (χ1v) is 9.90. The summed E-state index contributed by atoms with van der Waals surface area (Å²) in [5.74, 6) is 0.780. The Bertz CT molecular complexity index is 782. The predicted molar refractivity (Wildman–Crippen MR) is 106 cm³/mol. The van der Waals surface area contributed by atoms with Gasteiger partial charge in [-0.25, -0.2) is 0 Å². The summed E-state index contributed by atoms with van der Waals surface area (Å²) < 4.78 is 2.00. The zero-order valence-electron chi connectivity index (χ0n) is 17.1. The standard InChI is InChI=1S/C21H31N5O/c1-15(2)26-18(6-9-24-26)19-17(22-10-11-23-19)14-16-7-12-25(13-8-16)20(27)21(3,4)5/h6,9-11,15-16H,7-8,12-14H2,1-5H3. The van der Waals surface area contributed by atoms with E-state index < -0.39 is 0 Å². The molecule has 0 spiro atoms. The molecule has 0 aromatic carbocycles. The van der Waals surface area contributed by atoms with E-state index >= 15 is 0 Å². The minimum atomic E-state index is -0.305. The van der Waals surface area contributed by atoms with Crippen molar-refractivity contribution in [2.45, 2.75) is 59.9 Å². The maximum Gasteiger partial charge on any atom is 0.227 e. The minimum absolute atomic E-state index is 0.252. The number of aromatic nitrogens is 4. The summed E-state index contributed by atoms with van der Waals surface area (Å²) in [4.78, 5) is 23.8. The molecular weight excluding hydrogens is 338 g/mol. The van der Waals surface area contributed by atoms with Gasteiger partial charge in [-0.15, -0.1) is 0 Å². The van der Waals surface area contributed by atoms with Crippen molar-refractivity contribution in [2.24, 2.45) is 11.3 Å². The molecule has 2 aromatic heterocycles. The van der Waals surface area contributed by atoms with E-state index in [0.29, 0.717) is 5.92 Å². The van der Waals surface area contributed by atoms with Crippen molar-refractivity contribution >= 4 is 5.91 Å². The third-order valence-electron chi connectivity index (χ3n) is 5.20. The minimum Gasteiger partial charge on any atom is -0.342 e. The van der Waals surface area contributed by atoms with Gasteiger partial charge in [-0.05, 0) is 45.1 Å².